The molecule has 4 heterocycles. The molecule has 0 unspecified atom stereocenters. The molecule has 6 heteroatoms. The minimum absolute atomic E-state index is 0.00862. The topological polar surface area (TPSA) is 36.9 Å². The third-order valence-electron chi connectivity index (χ3n) is 15.1. The average Bonchev–Trinajstić information content (AvgIpc) is 3.39. The van der Waals surface area contributed by atoms with Crippen LogP contribution in [0, 0.1) is 0 Å². The van der Waals surface area contributed by atoms with Crippen molar-refractivity contribution in [1.82, 2.24) is 0 Å². The standard InChI is InChI=1S/C62H34B2O4/c1-4-16-51-47(13-1)63-49-15-3-6-18-53(49)67-61-45(28-31-55(65-51)59(61)63)42-12-8-11-40-33-38(23-25-41(40)42)39-24-30-54-50(34-39)64-48-14-2-5-17-52(48)66-56-32-29-46(62(68-54)60(56)64)43-26-21-37-20-19-35-9-7-10-36-22-27-44(43)58(37)57(35)36/h1-34H. The van der Waals surface area contributed by atoms with Crippen LogP contribution in [0.4, 0.5) is 0 Å². The quantitative estimate of drug-likeness (QED) is 0.131. The summed E-state index contributed by atoms with van der Waals surface area (Å²) in [6.07, 6.45) is 0. The van der Waals surface area contributed by atoms with Crippen LogP contribution in [0.15, 0.2) is 206 Å². The fourth-order valence-electron chi connectivity index (χ4n) is 12.1. The Morgan fingerprint density at radius 1 is 0.265 bits per heavy atom. The van der Waals surface area contributed by atoms with Gasteiger partial charge >= 0.3 is 0 Å². The molecule has 0 saturated carbocycles. The van der Waals surface area contributed by atoms with Gasteiger partial charge in [-0.15, -0.1) is 0 Å². The fourth-order valence-corrected chi connectivity index (χ4v) is 12.1. The van der Waals surface area contributed by atoms with Gasteiger partial charge in [-0.1, -0.05) is 152 Å². The van der Waals surface area contributed by atoms with E-state index in [2.05, 4.69) is 200 Å². The lowest BCUT2D eigenvalue weighted by molar-refractivity contribution is 0.465. The SMILES string of the molecule is c1ccc2c(c1)Oc1ccc(-c3cccc4cc(-c5ccc6c(c5)B5c7ccccc7Oc7ccc(-c8ccc9ccc%10cccc%11ccc8c9c%10%11)c(c75)O6)ccc34)c3c1B2c1ccccc1O3. The van der Waals surface area contributed by atoms with E-state index in [4.69, 9.17) is 18.9 Å². The summed E-state index contributed by atoms with van der Waals surface area (Å²) in [4.78, 5) is 0. The molecule has 4 aliphatic rings. The van der Waals surface area contributed by atoms with Gasteiger partial charge in [-0.25, -0.2) is 0 Å². The highest BCUT2D eigenvalue weighted by atomic mass is 16.5. The van der Waals surface area contributed by atoms with E-state index in [0.717, 1.165) is 123 Å². The van der Waals surface area contributed by atoms with Gasteiger partial charge in [0.25, 0.3) is 13.4 Å². The van der Waals surface area contributed by atoms with E-state index >= 15 is 0 Å². The lowest BCUT2D eigenvalue weighted by Crippen LogP contribution is -2.57. The van der Waals surface area contributed by atoms with E-state index < -0.39 is 0 Å². The molecular formula is C62H34B2O4. The lowest BCUT2D eigenvalue weighted by atomic mass is 9.34. The Hall–Kier alpha value is -8.73. The van der Waals surface area contributed by atoms with Crippen molar-refractivity contribution >= 4 is 89.3 Å². The molecule has 0 aromatic heterocycles. The molecule has 0 aliphatic carbocycles. The van der Waals surface area contributed by atoms with Crippen LogP contribution in [0.25, 0.3) is 76.5 Å². The molecule has 0 saturated heterocycles. The van der Waals surface area contributed by atoms with Crippen LogP contribution in [0.1, 0.15) is 0 Å². The van der Waals surface area contributed by atoms with Crippen molar-refractivity contribution in [3.05, 3.63) is 206 Å². The lowest BCUT2D eigenvalue weighted by Gasteiger charge is -2.34. The highest BCUT2D eigenvalue weighted by Gasteiger charge is 2.43. The van der Waals surface area contributed by atoms with Crippen molar-refractivity contribution in [2.45, 2.75) is 0 Å². The first-order chi connectivity index (χ1) is 33.7. The molecule has 4 nitrogen and oxygen atoms in total. The maximum atomic E-state index is 7.16. The zero-order valence-corrected chi connectivity index (χ0v) is 36.4. The average molecular weight is 865 g/mol. The van der Waals surface area contributed by atoms with Crippen LogP contribution in [0.5, 0.6) is 46.0 Å². The maximum absolute atomic E-state index is 7.16. The van der Waals surface area contributed by atoms with Crippen LogP contribution in [-0.2, 0) is 0 Å². The minimum atomic E-state index is -0.0914. The van der Waals surface area contributed by atoms with E-state index in [1.54, 1.807) is 0 Å². The van der Waals surface area contributed by atoms with Crippen LogP contribution in [-0.4, -0.2) is 13.4 Å². The van der Waals surface area contributed by atoms with Gasteiger partial charge in [-0.05, 0) is 142 Å². The number of para-hydroxylation sites is 3. The molecule has 16 rings (SSSR count). The molecule has 0 fully saturated rings. The molecule has 0 atom stereocenters. The van der Waals surface area contributed by atoms with Crippen molar-refractivity contribution in [3.8, 4) is 79.4 Å². The summed E-state index contributed by atoms with van der Waals surface area (Å²) in [5.41, 5.74) is 13.3. The molecule has 0 N–H and O–H groups in total. The molecule has 12 aromatic carbocycles. The van der Waals surface area contributed by atoms with Gasteiger partial charge in [0.1, 0.15) is 46.0 Å². The van der Waals surface area contributed by atoms with Crippen molar-refractivity contribution in [2.75, 3.05) is 0 Å². The van der Waals surface area contributed by atoms with Crippen molar-refractivity contribution < 1.29 is 18.9 Å². The third-order valence-corrected chi connectivity index (χ3v) is 15.1. The summed E-state index contributed by atoms with van der Waals surface area (Å²) in [5, 5.41) is 9.85. The van der Waals surface area contributed by atoms with Crippen LogP contribution in [0.2, 0.25) is 0 Å². The van der Waals surface area contributed by atoms with Gasteiger partial charge in [-0.2, -0.15) is 0 Å². The van der Waals surface area contributed by atoms with E-state index in [-0.39, 0.29) is 13.4 Å². The number of ether oxygens (including phenoxy) is 4. The molecule has 68 heavy (non-hydrogen) atoms. The minimum Gasteiger partial charge on any atom is -0.458 e. The molecule has 0 radical (unpaired) electrons. The Bertz CT molecular complexity index is 4170. The van der Waals surface area contributed by atoms with E-state index in [0.29, 0.717) is 0 Å². The van der Waals surface area contributed by atoms with Gasteiger partial charge in [0, 0.05) is 22.1 Å². The van der Waals surface area contributed by atoms with Gasteiger partial charge in [-0.3, -0.25) is 0 Å². The molecule has 0 spiro atoms. The Labute approximate surface area is 392 Å². The number of rotatable bonds is 3. The zero-order valence-electron chi connectivity index (χ0n) is 36.4. The van der Waals surface area contributed by atoms with Crippen molar-refractivity contribution in [3.63, 3.8) is 0 Å². The van der Waals surface area contributed by atoms with E-state index in [1.165, 1.54) is 32.3 Å². The fraction of sp³-hybridized carbons (Fsp3) is 0. The van der Waals surface area contributed by atoms with Gasteiger partial charge in [0.15, 0.2) is 0 Å². The van der Waals surface area contributed by atoms with Gasteiger partial charge in [0.2, 0.25) is 0 Å². The van der Waals surface area contributed by atoms with Crippen LogP contribution < -0.4 is 51.7 Å². The third kappa shape index (κ3) is 4.96. The first-order valence-electron chi connectivity index (χ1n) is 23.4. The summed E-state index contributed by atoms with van der Waals surface area (Å²) in [6, 6.07) is 74.1. The van der Waals surface area contributed by atoms with Crippen molar-refractivity contribution in [2.24, 2.45) is 0 Å². The summed E-state index contributed by atoms with van der Waals surface area (Å²) in [6.45, 7) is -0.0827. The Balaban J connectivity index is 0.823. The number of hydrogen-bond acceptors (Lipinski definition) is 4. The van der Waals surface area contributed by atoms with Crippen molar-refractivity contribution in [1.29, 1.82) is 0 Å². The van der Waals surface area contributed by atoms with Gasteiger partial charge in [0.05, 0.1) is 0 Å². The zero-order chi connectivity index (χ0) is 44.2. The summed E-state index contributed by atoms with van der Waals surface area (Å²) >= 11 is 0. The van der Waals surface area contributed by atoms with E-state index in [1.807, 2.05) is 6.07 Å². The first kappa shape index (κ1) is 36.5. The van der Waals surface area contributed by atoms with Crippen LogP contribution >= 0.6 is 0 Å². The summed E-state index contributed by atoms with van der Waals surface area (Å²) in [5.74, 6) is 6.87. The molecule has 12 aromatic rings. The van der Waals surface area contributed by atoms with Gasteiger partial charge < -0.3 is 18.9 Å². The predicted octanol–water partition coefficient (Wildman–Crippen LogP) is 12.2. The Kier molecular flexibility index (Phi) is 7.21. The normalized spacial score (nSPS) is 13.4. The Morgan fingerprint density at radius 3 is 1.40 bits per heavy atom. The maximum Gasteiger partial charge on any atom is 0.260 e. The second-order valence-corrected chi connectivity index (χ2v) is 18.6. The van der Waals surface area contributed by atoms with E-state index in [9.17, 15) is 0 Å². The largest absolute Gasteiger partial charge is 0.458 e. The molecule has 4 aliphatic heterocycles. The predicted molar refractivity (Wildman–Crippen MR) is 279 cm³/mol. The summed E-state index contributed by atoms with van der Waals surface area (Å²) < 4.78 is 27.3. The molecule has 312 valence electrons. The number of fused-ring (bicyclic) bond motifs is 9. The Morgan fingerprint density at radius 2 is 0.721 bits per heavy atom. The smallest absolute Gasteiger partial charge is 0.260 e. The highest BCUT2D eigenvalue weighted by molar-refractivity contribution is 6.99. The number of hydrogen-bond donors (Lipinski definition) is 0. The monoisotopic (exact) mass is 864 g/mol. The molecular weight excluding hydrogens is 830 g/mol. The second-order valence-electron chi connectivity index (χ2n) is 18.6. The first-order valence-corrected chi connectivity index (χ1v) is 23.4. The second kappa shape index (κ2) is 13.4. The molecule has 0 amide bonds. The molecule has 0 bridgehead atoms. The number of benzene rings is 12. The summed E-state index contributed by atoms with van der Waals surface area (Å²) in [7, 11) is 0. The van der Waals surface area contributed by atoms with Crippen LogP contribution in [0.3, 0.4) is 0 Å². The highest BCUT2D eigenvalue weighted by Crippen LogP contribution is 2.47.